The van der Waals surface area contributed by atoms with Crippen LogP contribution in [-0.4, -0.2) is 5.71 Å². The van der Waals surface area contributed by atoms with Crippen LogP contribution in [0.3, 0.4) is 0 Å². The number of hydrogen-bond acceptors (Lipinski definition) is 4. The van der Waals surface area contributed by atoms with Crippen LogP contribution < -0.4 is 10.0 Å². The van der Waals surface area contributed by atoms with Gasteiger partial charge in [-0.1, -0.05) is 67.3 Å². The van der Waals surface area contributed by atoms with Gasteiger partial charge in [-0.25, -0.2) is 0 Å². The van der Waals surface area contributed by atoms with Crippen molar-refractivity contribution < 1.29 is 0 Å². The zero-order valence-corrected chi connectivity index (χ0v) is 22.0. The molecule has 0 aliphatic heterocycles. The third kappa shape index (κ3) is 7.76. The Hall–Kier alpha value is -3.07. The largest absolute Gasteiger partial charge is 0.384 e. The van der Waals surface area contributed by atoms with Crippen LogP contribution in [0.4, 0.5) is 5.69 Å². The first-order valence-electron chi connectivity index (χ1n) is 11.2. The van der Waals surface area contributed by atoms with Crippen molar-refractivity contribution in [1.29, 1.82) is 0 Å². The molecule has 0 amide bonds. The van der Waals surface area contributed by atoms with E-state index < -0.39 is 0 Å². The van der Waals surface area contributed by atoms with Crippen molar-refractivity contribution in [3.63, 3.8) is 0 Å². The van der Waals surface area contributed by atoms with E-state index in [9.17, 15) is 0 Å². The highest BCUT2D eigenvalue weighted by atomic mass is 32.2. The summed E-state index contributed by atoms with van der Waals surface area (Å²) < 4.78 is 3.39. The third-order valence-corrected chi connectivity index (χ3v) is 6.75. The van der Waals surface area contributed by atoms with Crippen molar-refractivity contribution in [3.05, 3.63) is 131 Å². The molecule has 2 N–H and O–H groups in total. The zero-order valence-electron chi connectivity index (χ0n) is 20.0. The van der Waals surface area contributed by atoms with Crippen molar-refractivity contribution in [2.45, 2.75) is 32.2 Å². The summed E-state index contributed by atoms with van der Waals surface area (Å²) in [7, 11) is 2.70. The van der Waals surface area contributed by atoms with Crippen LogP contribution in [0.15, 0.2) is 124 Å². The monoisotopic (exact) mass is 485 g/mol. The molecule has 34 heavy (non-hydrogen) atoms. The first kappa shape index (κ1) is 25.6. The standard InChI is InChI=1S/C29H32N3PS/c1-5-29(33)23(4)31-28(27-14-10-9-11-21(27)2)19-22(3)30-20-24-15-17-25(18-16-24)32-34-26-12-7-6-8-13-26/h5-19,30,32H,1,20,33H2,2-4H3/b22-19+,29-23-,31-28+. The SMILES string of the molecule is C=C/C(P)=C(C)/N=C(\C=C(/C)NCc1ccc(NSc2ccccc2)cc1)c1ccccc1C. The predicted octanol–water partition coefficient (Wildman–Crippen LogP) is 7.89. The van der Waals surface area contributed by atoms with Crippen LogP contribution >= 0.6 is 21.2 Å². The van der Waals surface area contributed by atoms with E-state index in [-0.39, 0.29) is 0 Å². The Kier molecular flexibility index (Phi) is 9.75. The molecule has 1 atom stereocenters. The molecule has 0 heterocycles. The molecule has 0 radical (unpaired) electrons. The molecule has 0 saturated carbocycles. The number of anilines is 1. The molecule has 1 unspecified atom stereocenters. The summed E-state index contributed by atoms with van der Waals surface area (Å²) in [5.41, 5.74) is 7.53. The first-order valence-corrected chi connectivity index (χ1v) is 12.6. The van der Waals surface area contributed by atoms with Gasteiger partial charge in [-0.05, 0) is 79.5 Å². The summed E-state index contributed by atoms with van der Waals surface area (Å²) in [4.78, 5) is 6.09. The topological polar surface area (TPSA) is 36.4 Å². The van der Waals surface area contributed by atoms with E-state index in [1.54, 1.807) is 11.9 Å². The van der Waals surface area contributed by atoms with Gasteiger partial charge in [0.25, 0.3) is 0 Å². The fraction of sp³-hybridized carbons (Fsp3) is 0.138. The average molecular weight is 486 g/mol. The molecule has 3 aromatic rings. The van der Waals surface area contributed by atoms with Crippen molar-refractivity contribution in [2.75, 3.05) is 4.72 Å². The minimum absolute atomic E-state index is 0.742. The Bertz CT molecular complexity index is 1200. The van der Waals surface area contributed by atoms with Crippen LogP contribution in [0.5, 0.6) is 0 Å². The number of aryl methyl sites for hydroxylation is 1. The second kappa shape index (κ2) is 13.0. The van der Waals surface area contributed by atoms with Gasteiger partial charge < -0.3 is 10.0 Å². The van der Waals surface area contributed by atoms with Crippen LogP contribution in [0.25, 0.3) is 0 Å². The predicted molar refractivity (Wildman–Crippen MR) is 153 cm³/mol. The number of nitrogens with one attached hydrogen (secondary N) is 2. The van der Waals surface area contributed by atoms with E-state index in [4.69, 9.17) is 4.99 Å². The summed E-state index contributed by atoms with van der Waals surface area (Å²) >= 11 is 1.61. The highest BCUT2D eigenvalue weighted by molar-refractivity contribution is 8.00. The quantitative estimate of drug-likeness (QED) is 0.133. The molecular formula is C29H32N3PS. The molecule has 0 saturated heterocycles. The van der Waals surface area contributed by atoms with Crippen LogP contribution in [0, 0.1) is 6.92 Å². The Morgan fingerprint density at radius 2 is 1.65 bits per heavy atom. The maximum Gasteiger partial charge on any atom is 0.0725 e. The smallest absolute Gasteiger partial charge is 0.0725 e. The Balaban J connectivity index is 1.68. The van der Waals surface area contributed by atoms with Crippen molar-refractivity contribution >= 4 is 32.6 Å². The molecule has 0 spiro atoms. The van der Waals surface area contributed by atoms with E-state index in [2.05, 4.69) is 100 Å². The van der Waals surface area contributed by atoms with E-state index >= 15 is 0 Å². The number of allylic oxidation sites excluding steroid dienone is 5. The Labute approximate surface area is 210 Å². The number of aliphatic imine (C=N–C) groups is 1. The van der Waals surface area contributed by atoms with Gasteiger partial charge in [0.15, 0.2) is 0 Å². The lowest BCUT2D eigenvalue weighted by molar-refractivity contribution is 0.813. The minimum Gasteiger partial charge on any atom is -0.384 e. The summed E-state index contributed by atoms with van der Waals surface area (Å²) in [5, 5.41) is 4.52. The summed E-state index contributed by atoms with van der Waals surface area (Å²) in [6.07, 6.45) is 3.92. The van der Waals surface area contributed by atoms with Gasteiger partial charge in [-0.2, -0.15) is 0 Å². The molecule has 0 bridgehead atoms. The van der Waals surface area contributed by atoms with E-state index in [0.29, 0.717) is 0 Å². The lowest BCUT2D eigenvalue weighted by Crippen LogP contribution is -2.13. The Morgan fingerprint density at radius 3 is 2.32 bits per heavy atom. The van der Waals surface area contributed by atoms with E-state index in [1.165, 1.54) is 16.0 Å². The van der Waals surface area contributed by atoms with Gasteiger partial charge in [0, 0.05) is 34.1 Å². The number of benzene rings is 3. The van der Waals surface area contributed by atoms with E-state index in [1.807, 2.05) is 37.3 Å². The number of nitrogens with zero attached hydrogens (tertiary/aromatic N) is 1. The third-order valence-electron chi connectivity index (χ3n) is 5.26. The fourth-order valence-corrected chi connectivity index (χ4v) is 3.95. The first-order chi connectivity index (χ1) is 16.5. The van der Waals surface area contributed by atoms with Crippen molar-refractivity contribution in [2.24, 2.45) is 4.99 Å². The molecule has 0 fully saturated rings. The summed E-state index contributed by atoms with van der Waals surface area (Å²) in [5.74, 6) is 0. The second-order valence-electron chi connectivity index (χ2n) is 7.95. The van der Waals surface area contributed by atoms with E-state index in [0.717, 1.165) is 40.2 Å². The molecule has 0 aliphatic carbocycles. The average Bonchev–Trinajstić information content (AvgIpc) is 2.86. The lowest BCUT2D eigenvalue weighted by atomic mass is 10.0. The van der Waals surface area contributed by atoms with Crippen LogP contribution in [-0.2, 0) is 6.54 Å². The van der Waals surface area contributed by atoms with Crippen molar-refractivity contribution in [1.82, 2.24) is 5.32 Å². The molecule has 0 aliphatic rings. The number of hydrogen-bond donors (Lipinski definition) is 2. The Morgan fingerprint density at radius 1 is 0.971 bits per heavy atom. The van der Waals surface area contributed by atoms with Crippen LogP contribution in [0.2, 0.25) is 0 Å². The van der Waals surface area contributed by atoms with Crippen molar-refractivity contribution in [3.8, 4) is 0 Å². The van der Waals surface area contributed by atoms with Gasteiger partial charge in [0.2, 0.25) is 0 Å². The summed E-state index contributed by atoms with van der Waals surface area (Å²) in [6.45, 7) is 10.8. The van der Waals surface area contributed by atoms with Gasteiger partial charge in [-0.3, -0.25) is 4.99 Å². The maximum atomic E-state index is 4.91. The van der Waals surface area contributed by atoms with Crippen LogP contribution in [0.1, 0.15) is 30.5 Å². The summed E-state index contributed by atoms with van der Waals surface area (Å²) in [6, 6.07) is 27.1. The minimum atomic E-state index is 0.742. The molecule has 5 heteroatoms. The maximum absolute atomic E-state index is 4.91. The number of rotatable bonds is 10. The zero-order chi connectivity index (χ0) is 24.3. The van der Waals surface area contributed by atoms with Gasteiger partial charge in [-0.15, -0.1) is 9.24 Å². The highest BCUT2D eigenvalue weighted by Gasteiger charge is 2.06. The molecule has 0 aromatic heterocycles. The molecule has 3 rings (SSSR count). The fourth-order valence-electron chi connectivity index (χ4n) is 3.22. The molecule has 174 valence electrons. The normalized spacial score (nSPS) is 12.7. The molecule has 3 aromatic carbocycles. The second-order valence-corrected chi connectivity index (χ2v) is 9.45. The van der Waals surface area contributed by atoms with Gasteiger partial charge in [0.05, 0.1) is 5.71 Å². The molecule has 3 nitrogen and oxygen atoms in total. The van der Waals surface area contributed by atoms with Gasteiger partial charge in [0.1, 0.15) is 0 Å². The lowest BCUT2D eigenvalue weighted by Gasteiger charge is -2.12. The highest BCUT2D eigenvalue weighted by Crippen LogP contribution is 2.21. The van der Waals surface area contributed by atoms with Gasteiger partial charge >= 0.3 is 0 Å². The molecular weight excluding hydrogens is 453 g/mol.